The average Bonchev–Trinajstić information content (AvgIpc) is 3.62. The van der Waals surface area contributed by atoms with Gasteiger partial charge < -0.3 is 24.5 Å². The molecule has 3 amide bonds. The lowest BCUT2D eigenvalue weighted by atomic mass is 9.70. The molecule has 3 aliphatic rings. The van der Waals surface area contributed by atoms with Crippen molar-refractivity contribution in [3.05, 3.63) is 90.0 Å². The zero-order valence-electron chi connectivity index (χ0n) is 25.8. The molecule has 0 aromatic heterocycles. The molecule has 3 aliphatic heterocycles. The Morgan fingerprint density at radius 2 is 1.87 bits per heavy atom. The highest BCUT2D eigenvalue weighted by atomic mass is 79.9. The van der Waals surface area contributed by atoms with E-state index in [-0.39, 0.29) is 29.8 Å². The van der Waals surface area contributed by atoms with Gasteiger partial charge in [0.25, 0.3) is 5.91 Å². The molecule has 0 saturated carbocycles. The van der Waals surface area contributed by atoms with Crippen LogP contribution >= 0.6 is 27.5 Å². The van der Waals surface area contributed by atoms with E-state index in [9.17, 15) is 14.7 Å². The number of nitrogens with zero attached hydrogens (tertiary/aromatic N) is 3. The first-order valence-electron chi connectivity index (χ1n) is 15.5. The van der Waals surface area contributed by atoms with Crippen LogP contribution in [0.25, 0.3) is 0 Å². The number of halogens is 2. The average molecular weight is 699 g/mol. The summed E-state index contributed by atoms with van der Waals surface area (Å²) in [5.74, 6) is -2.63. The number of likely N-dealkylation sites (tertiary alicyclic amines) is 1. The lowest BCUT2D eigenvalue weighted by Gasteiger charge is -2.40. The van der Waals surface area contributed by atoms with Crippen LogP contribution in [0.4, 0.5) is 5.69 Å². The number of hydrogen-bond acceptors (Lipinski definition) is 5. The third-order valence-corrected chi connectivity index (χ3v) is 10.5. The Kier molecular flexibility index (Phi) is 10.2. The van der Waals surface area contributed by atoms with Crippen molar-refractivity contribution in [2.45, 2.75) is 61.7 Å². The summed E-state index contributed by atoms with van der Waals surface area (Å²) in [4.78, 5) is 48.6. The van der Waals surface area contributed by atoms with Crippen LogP contribution in [-0.2, 0) is 25.5 Å². The van der Waals surface area contributed by atoms with E-state index in [0.29, 0.717) is 36.6 Å². The largest absolute Gasteiger partial charge is 0.394 e. The summed E-state index contributed by atoms with van der Waals surface area (Å²) in [6, 6.07) is 13.1. The van der Waals surface area contributed by atoms with Crippen molar-refractivity contribution in [1.82, 2.24) is 9.80 Å². The van der Waals surface area contributed by atoms with Crippen molar-refractivity contribution in [2.24, 2.45) is 11.8 Å². The first-order chi connectivity index (χ1) is 21.6. The van der Waals surface area contributed by atoms with Gasteiger partial charge in [0, 0.05) is 24.5 Å². The topological polar surface area (TPSA) is 90.4 Å². The summed E-state index contributed by atoms with van der Waals surface area (Å²) >= 11 is 10.5. The highest BCUT2D eigenvalue weighted by Crippen LogP contribution is 2.61. The molecule has 3 heterocycles. The Labute approximate surface area is 278 Å². The maximum atomic E-state index is 15.1. The number of aliphatic hydroxyl groups excluding tert-OH is 1. The maximum absolute atomic E-state index is 15.1. The number of aliphatic hydroxyl groups is 1. The number of benzene rings is 2. The standard InChI is InChI=1S/C35H41BrClN3O5/c1-5-16-38(17-6-2)32(42)27-28-33(43)40(24(21-41)19-23-13-9-8-10-14-23)31(35(28)20-25(36)30(27)45-35)34(44)39(18-7-3)29-22(4)12-11-15-26(29)37/h5,7-15,24-25,27-28,30-31,41H,1,3,6,16-21H2,2,4H3/t24-,25?,27+,28+,30+,31?,35?/m1/s1. The van der Waals surface area contributed by atoms with Crippen molar-refractivity contribution in [1.29, 1.82) is 0 Å². The van der Waals surface area contributed by atoms with Crippen LogP contribution in [0, 0.1) is 18.8 Å². The van der Waals surface area contributed by atoms with Crippen LogP contribution in [-0.4, -0.2) is 87.5 Å². The second-order valence-corrected chi connectivity index (χ2v) is 13.7. The number of carbonyl (C=O) groups excluding carboxylic acids is 3. The van der Waals surface area contributed by atoms with E-state index >= 15 is 4.79 Å². The Morgan fingerprint density at radius 1 is 1.16 bits per heavy atom. The molecule has 3 unspecified atom stereocenters. The lowest BCUT2D eigenvalue weighted by Crippen LogP contribution is -2.59. The Hall–Kier alpha value is -2.98. The Balaban J connectivity index is 1.66. The number of rotatable bonds is 13. The quantitative estimate of drug-likeness (QED) is 0.237. The zero-order valence-corrected chi connectivity index (χ0v) is 28.1. The van der Waals surface area contributed by atoms with Crippen LogP contribution < -0.4 is 4.90 Å². The second-order valence-electron chi connectivity index (χ2n) is 12.2. The third-order valence-electron chi connectivity index (χ3n) is 9.36. The van der Waals surface area contributed by atoms with Gasteiger partial charge in [0.15, 0.2) is 0 Å². The van der Waals surface area contributed by atoms with Crippen molar-refractivity contribution >= 4 is 50.9 Å². The summed E-state index contributed by atoms with van der Waals surface area (Å²) in [7, 11) is 0. The molecule has 5 rings (SSSR count). The number of hydrogen-bond donors (Lipinski definition) is 1. The fourth-order valence-corrected chi connectivity index (χ4v) is 8.89. The fraction of sp³-hybridized carbons (Fsp3) is 0.457. The van der Waals surface area contributed by atoms with Gasteiger partial charge in [-0.2, -0.15) is 0 Å². The van der Waals surface area contributed by atoms with E-state index in [1.807, 2.05) is 56.3 Å². The highest BCUT2D eigenvalue weighted by molar-refractivity contribution is 9.09. The summed E-state index contributed by atoms with van der Waals surface area (Å²) in [6.07, 6.45) is 4.12. The van der Waals surface area contributed by atoms with Gasteiger partial charge in [-0.25, -0.2) is 0 Å². The molecule has 10 heteroatoms. The number of alkyl halides is 1. The lowest BCUT2D eigenvalue weighted by molar-refractivity contribution is -0.147. The Bertz CT molecular complexity index is 1440. The molecular weight excluding hydrogens is 658 g/mol. The number of ether oxygens (including phenoxy) is 1. The molecule has 8 nitrogen and oxygen atoms in total. The summed E-state index contributed by atoms with van der Waals surface area (Å²) < 4.78 is 6.77. The zero-order chi connectivity index (χ0) is 32.5. The van der Waals surface area contributed by atoms with Gasteiger partial charge in [-0.05, 0) is 43.4 Å². The molecule has 240 valence electrons. The van der Waals surface area contributed by atoms with Crippen molar-refractivity contribution < 1.29 is 24.2 Å². The molecular formula is C35H41BrClN3O5. The van der Waals surface area contributed by atoms with Crippen LogP contribution in [0.15, 0.2) is 73.8 Å². The van der Waals surface area contributed by atoms with Gasteiger partial charge in [-0.1, -0.05) is 89.1 Å². The number of amides is 3. The number of anilines is 1. The van der Waals surface area contributed by atoms with E-state index in [0.717, 1.165) is 17.5 Å². The van der Waals surface area contributed by atoms with Gasteiger partial charge in [0.1, 0.15) is 11.6 Å². The van der Waals surface area contributed by atoms with Crippen LogP contribution in [0.2, 0.25) is 5.02 Å². The number of carbonyl (C=O) groups is 3. The van der Waals surface area contributed by atoms with E-state index in [1.54, 1.807) is 28.0 Å². The molecule has 2 aromatic carbocycles. The summed E-state index contributed by atoms with van der Waals surface area (Å²) in [5, 5.41) is 11.2. The summed E-state index contributed by atoms with van der Waals surface area (Å²) in [5.41, 5.74) is 0.924. The maximum Gasteiger partial charge on any atom is 0.253 e. The first kappa shape index (κ1) is 33.4. The first-order valence-corrected chi connectivity index (χ1v) is 16.8. The molecule has 0 aliphatic carbocycles. The van der Waals surface area contributed by atoms with Gasteiger partial charge in [-0.15, -0.1) is 13.2 Å². The van der Waals surface area contributed by atoms with Crippen LogP contribution in [0.1, 0.15) is 30.9 Å². The van der Waals surface area contributed by atoms with Gasteiger partial charge >= 0.3 is 0 Å². The molecule has 1 spiro atoms. The molecule has 3 fully saturated rings. The van der Waals surface area contributed by atoms with Crippen LogP contribution in [0.5, 0.6) is 0 Å². The smallest absolute Gasteiger partial charge is 0.253 e. The van der Waals surface area contributed by atoms with Crippen LogP contribution in [0.3, 0.4) is 0 Å². The van der Waals surface area contributed by atoms with E-state index in [2.05, 4.69) is 29.1 Å². The van der Waals surface area contributed by atoms with E-state index in [1.165, 1.54) is 4.90 Å². The Morgan fingerprint density at radius 3 is 2.49 bits per heavy atom. The van der Waals surface area contributed by atoms with Crippen molar-refractivity contribution in [2.75, 3.05) is 31.1 Å². The van der Waals surface area contributed by atoms with E-state index in [4.69, 9.17) is 16.3 Å². The molecule has 0 radical (unpaired) electrons. The third kappa shape index (κ3) is 5.77. The molecule has 2 aromatic rings. The predicted octanol–water partition coefficient (Wildman–Crippen LogP) is 4.94. The molecule has 7 atom stereocenters. The minimum absolute atomic E-state index is 0.137. The SMILES string of the molecule is C=CCN(CCC)C(=O)[C@H]1[C@H]2C(=O)N([C@@H](CO)Cc3ccccc3)C(C(=O)N(CC=C)c3c(C)cccc3Cl)C23CC(Br)[C@@H]1O3. The number of aryl methyl sites for hydroxylation is 1. The van der Waals surface area contributed by atoms with Crippen molar-refractivity contribution in [3.8, 4) is 0 Å². The highest BCUT2D eigenvalue weighted by Gasteiger charge is 2.77. The number of fused-ring (bicyclic) bond motifs is 1. The van der Waals surface area contributed by atoms with Gasteiger partial charge in [-0.3, -0.25) is 14.4 Å². The minimum atomic E-state index is -1.29. The van der Waals surface area contributed by atoms with Gasteiger partial charge in [0.05, 0.1) is 41.3 Å². The second kappa shape index (κ2) is 13.8. The summed E-state index contributed by atoms with van der Waals surface area (Å²) in [6.45, 7) is 12.2. The molecule has 45 heavy (non-hydrogen) atoms. The predicted molar refractivity (Wildman–Crippen MR) is 179 cm³/mol. The molecule has 3 saturated heterocycles. The molecule has 2 bridgehead atoms. The van der Waals surface area contributed by atoms with E-state index < -0.39 is 41.5 Å². The monoisotopic (exact) mass is 697 g/mol. The molecule has 1 N–H and O–H groups in total. The van der Waals surface area contributed by atoms with Gasteiger partial charge in [0.2, 0.25) is 11.8 Å². The fourth-order valence-electron chi connectivity index (χ4n) is 7.62. The normalized spacial score (nSPS) is 27.3. The minimum Gasteiger partial charge on any atom is -0.394 e. The number of para-hydroxylation sites is 1. The van der Waals surface area contributed by atoms with Crippen molar-refractivity contribution in [3.63, 3.8) is 0 Å².